The van der Waals surface area contributed by atoms with Gasteiger partial charge in [0.1, 0.15) is 5.82 Å². The molecule has 1 heterocycles. The summed E-state index contributed by atoms with van der Waals surface area (Å²) in [4.78, 5) is 3.91. The van der Waals surface area contributed by atoms with E-state index >= 15 is 0 Å². The smallest absolute Gasteiger partial charge is 0.137 e. The lowest BCUT2D eigenvalue weighted by atomic mass is 10.0. The highest BCUT2D eigenvalue weighted by molar-refractivity contribution is 9.10. The molecule has 0 radical (unpaired) electrons. The molecule has 2 aromatic rings. The predicted octanol–water partition coefficient (Wildman–Crippen LogP) is 3.26. The van der Waals surface area contributed by atoms with Crippen LogP contribution in [0.3, 0.4) is 0 Å². The number of aliphatic hydroxyl groups excluding tert-OH is 1. The van der Waals surface area contributed by atoms with Crippen LogP contribution in [-0.2, 0) is 6.42 Å². The molecule has 1 N–H and O–H groups in total. The van der Waals surface area contributed by atoms with Crippen molar-refractivity contribution in [3.8, 4) is 0 Å². The Morgan fingerprint density at radius 3 is 2.59 bits per heavy atom. The molecular weight excluding hydrogens is 285 g/mol. The van der Waals surface area contributed by atoms with Crippen LogP contribution in [0.1, 0.15) is 17.2 Å². The second-order valence-electron chi connectivity index (χ2n) is 3.75. The number of rotatable bonds is 3. The van der Waals surface area contributed by atoms with E-state index in [1.807, 2.05) is 12.1 Å². The lowest BCUT2D eigenvalue weighted by Crippen LogP contribution is -2.02. The molecule has 1 atom stereocenters. The molecule has 0 amide bonds. The van der Waals surface area contributed by atoms with Crippen molar-refractivity contribution in [2.45, 2.75) is 12.5 Å². The first-order valence-electron chi connectivity index (χ1n) is 5.19. The molecule has 0 saturated carbocycles. The van der Waals surface area contributed by atoms with Crippen molar-refractivity contribution in [3.05, 3.63) is 64.1 Å². The average Bonchev–Trinajstić information content (AvgIpc) is 2.34. The van der Waals surface area contributed by atoms with E-state index < -0.39 is 6.10 Å². The second-order valence-corrected chi connectivity index (χ2v) is 4.60. The molecule has 0 saturated heterocycles. The van der Waals surface area contributed by atoms with Gasteiger partial charge in [-0.05, 0) is 51.3 Å². The first kappa shape index (κ1) is 12.2. The van der Waals surface area contributed by atoms with Gasteiger partial charge in [0.2, 0.25) is 0 Å². The van der Waals surface area contributed by atoms with Gasteiger partial charge in [-0.15, -0.1) is 0 Å². The minimum atomic E-state index is -0.644. The maximum atomic E-state index is 13.1. The van der Waals surface area contributed by atoms with Crippen LogP contribution in [0.5, 0.6) is 0 Å². The van der Waals surface area contributed by atoms with Gasteiger partial charge in [-0.25, -0.2) is 4.39 Å². The number of benzene rings is 1. The third-order valence-electron chi connectivity index (χ3n) is 2.51. The van der Waals surface area contributed by atoms with Gasteiger partial charge in [0.15, 0.2) is 0 Å². The van der Waals surface area contributed by atoms with Crippen molar-refractivity contribution in [2.24, 2.45) is 0 Å². The van der Waals surface area contributed by atoms with Gasteiger partial charge in [0.05, 0.1) is 10.6 Å². The van der Waals surface area contributed by atoms with Crippen LogP contribution < -0.4 is 0 Å². The zero-order chi connectivity index (χ0) is 12.3. The molecule has 88 valence electrons. The molecule has 0 bridgehead atoms. The van der Waals surface area contributed by atoms with Crippen LogP contribution >= 0.6 is 15.9 Å². The number of halogens is 2. The first-order chi connectivity index (χ1) is 8.16. The van der Waals surface area contributed by atoms with E-state index in [-0.39, 0.29) is 5.82 Å². The van der Waals surface area contributed by atoms with E-state index in [0.29, 0.717) is 16.5 Å². The molecule has 0 spiro atoms. The van der Waals surface area contributed by atoms with Gasteiger partial charge >= 0.3 is 0 Å². The molecule has 4 heteroatoms. The first-order valence-corrected chi connectivity index (χ1v) is 5.98. The predicted molar refractivity (Wildman–Crippen MR) is 67.0 cm³/mol. The molecule has 0 aliphatic carbocycles. The van der Waals surface area contributed by atoms with Crippen LogP contribution in [-0.4, -0.2) is 10.1 Å². The Balaban J connectivity index is 2.14. The Bertz CT molecular complexity index is 504. The number of hydrogen-bond acceptors (Lipinski definition) is 2. The zero-order valence-corrected chi connectivity index (χ0v) is 10.6. The molecule has 1 unspecified atom stereocenters. The largest absolute Gasteiger partial charge is 0.388 e. The van der Waals surface area contributed by atoms with Crippen molar-refractivity contribution in [1.82, 2.24) is 4.98 Å². The summed E-state index contributed by atoms with van der Waals surface area (Å²) < 4.78 is 13.4. The molecule has 1 aromatic carbocycles. The summed E-state index contributed by atoms with van der Waals surface area (Å²) >= 11 is 3.10. The van der Waals surface area contributed by atoms with Gasteiger partial charge in [-0.3, -0.25) is 4.98 Å². The SMILES string of the molecule is OC(Cc1ccncc1)c1ccc(F)c(Br)c1. The summed E-state index contributed by atoms with van der Waals surface area (Å²) in [7, 11) is 0. The van der Waals surface area contributed by atoms with E-state index in [4.69, 9.17) is 0 Å². The van der Waals surface area contributed by atoms with Gasteiger partial charge in [-0.1, -0.05) is 6.07 Å². The van der Waals surface area contributed by atoms with E-state index in [0.717, 1.165) is 5.56 Å². The van der Waals surface area contributed by atoms with Crippen LogP contribution in [0.15, 0.2) is 47.2 Å². The number of aliphatic hydroxyl groups is 1. The Morgan fingerprint density at radius 1 is 1.24 bits per heavy atom. The van der Waals surface area contributed by atoms with Gasteiger partial charge in [0.25, 0.3) is 0 Å². The van der Waals surface area contributed by atoms with Crippen molar-refractivity contribution in [1.29, 1.82) is 0 Å². The van der Waals surface area contributed by atoms with Crippen LogP contribution in [0, 0.1) is 5.82 Å². The Kier molecular flexibility index (Phi) is 3.86. The summed E-state index contributed by atoms with van der Waals surface area (Å²) in [5, 5.41) is 10.0. The van der Waals surface area contributed by atoms with Crippen LogP contribution in [0.2, 0.25) is 0 Å². The fourth-order valence-corrected chi connectivity index (χ4v) is 1.98. The fraction of sp³-hybridized carbons (Fsp3) is 0.154. The molecule has 2 rings (SSSR count). The highest BCUT2D eigenvalue weighted by Crippen LogP contribution is 2.23. The lowest BCUT2D eigenvalue weighted by Gasteiger charge is -2.11. The van der Waals surface area contributed by atoms with E-state index in [1.165, 1.54) is 6.07 Å². The fourth-order valence-electron chi connectivity index (χ4n) is 1.58. The van der Waals surface area contributed by atoms with E-state index in [9.17, 15) is 9.50 Å². The van der Waals surface area contributed by atoms with Crippen molar-refractivity contribution >= 4 is 15.9 Å². The lowest BCUT2D eigenvalue weighted by molar-refractivity contribution is 0.178. The van der Waals surface area contributed by atoms with Gasteiger partial charge in [0, 0.05) is 18.8 Å². The summed E-state index contributed by atoms with van der Waals surface area (Å²) in [5.74, 6) is -0.329. The third-order valence-corrected chi connectivity index (χ3v) is 3.11. The topological polar surface area (TPSA) is 33.1 Å². The second kappa shape index (κ2) is 5.38. The standard InChI is InChI=1S/C13H11BrFNO/c14-11-8-10(1-2-12(11)15)13(17)7-9-3-5-16-6-4-9/h1-6,8,13,17H,7H2. The molecule has 1 aromatic heterocycles. The number of pyridine rings is 1. The minimum absolute atomic E-state index is 0.329. The molecule has 2 nitrogen and oxygen atoms in total. The summed E-state index contributed by atoms with van der Waals surface area (Å²) in [6, 6.07) is 8.23. The maximum absolute atomic E-state index is 13.1. The van der Waals surface area contributed by atoms with Gasteiger partial charge < -0.3 is 5.11 Å². The molecule has 0 aliphatic heterocycles. The zero-order valence-electron chi connectivity index (χ0n) is 8.98. The summed E-state index contributed by atoms with van der Waals surface area (Å²) in [6.45, 7) is 0. The quantitative estimate of drug-likeness (QED) is 0.943. The van der Waals surface area contributed by atoms with Crippen molar-refractivity contribution < 1.29 is 9.50 Å². The Labute approximate surface area is 107 Å². The number of nitrogens with zero attached hydrogens (tertiary/aromatic N) is 1. The highest BCUT2D eigenvalue weighted by atomic mass is 79.9. The molecular formula is C13H11BrFNO. The Morgan fingerprint density at radius 2 is 1.94 bits per heavy atom. The van der Waals surface area contributed by atoms with E-state index in [1.54, 1.807) is 24.5 Å². The average molecular weight is 296 g/mol. The summed E-state index contributed by atoms with van der Waals surface area (Å²) in [6.07, 6.45) is 3.21. The monoisotopic (exact) mass is 295 g/mol. The van der Waals surface area contributed by atoms with Gasteiger partial charge in [-0.2, -0.15) is 0 Å². The molecule has 0 fully saturated rings. The number of aromatic nitrogens is 1. The van der Waals surface area contributed by atoms with Crippen molar-refractivity contribution in [3.63, 3.8) is 0 Å². The molecule has 17 heavy (non-hydrogen) atoms. The third kappa shape index (κ3) is 3.11. The summed E-state index contributed by atoms with van der Waals surface area (Å²) in [5.41, 5.74) is 1.68. The maximum Gasteiger partial charge on any atom is 0.137 e. The van der Waals surface area contributed by atoms with Crippen LogP contribution in [0.4, 0.5) is 4.39 Å². The normalized spacial score (nSPS) is 12.4. The van der Waals surface area contributed by atoms with E-state index in [2.05, 4.69) is 20.9 Å². The van der Waals surface area contributed by atoms with Crippen molar-refractivity contribution in [2.75, 3.05) is 0 Å². The van der Waals surface area contributed by atoms with Crippen LogP contribution in [0.25, 0.3) is 0 Å². The minimum Gasteiger partial charge on any atom is -0.388 e. The molecule has 0 aliphatic rings. The number of hydrogen-bond donors (Lipinski definition) is 1. The highest BCUT2D eigenvalue weighted by Gasteiger charge is 2.10. The Hall–Kier alpha value is -1.26.